The van der Waals surface area contributed by atoms with Gasteiger partial charge in [0.05, 0.1) is 0 Å². The highest BCUT2D eigenvalue weighted by Crippen LogP contribution is 2.22. The van der Waals surface area contributed by atoms with Gasteiger partial charge in [-0.05, 0) is 18.6 Å². The molecule has 0 aromatic carbocycles. The Labute approximate surface area is 91.1 Å². The average molecular weight is 215 g/mol. The monoisotopic (exact) mass is 215 g/mol. The summed E-state index contributed by atoms with van der Waals surface area (Å²) in [6.07, 6.45) is 5.82. The quantitative estimate of drug-likeness (QED) is 0.624. The van der Waals surface area contributed by atoms with Crippen LogP contribution in [0.25, 0.3) is 16.3 Å². The Morgan fingerprint density at radius 1 is 1.40 bits per heavy atom. The Bertz CT molecular complexity index is 595. The number of hydrogen-bond donors (Lipinski definition) is 0. The second-order valence-electron chi connectivity index (χ2n) is 3.39. The number of pyridine rings is 1. The van der Waals surface area contributed by atoms with Crippen molar-refractivity contribution in [2.45, 2.75) is 6.92 Å². The van der Waals surface area contributed by atoms with Crippen molar-refractivity contribution in [3.05, 3.63) is 41.7 Å². The molecule has 4 heteroatoms. The highest BCUT2D eigenvalue weighted by atomic mass is 32.1. The van der Waals surface area contributed by atoms with Crippen molar-refractivity contribution in [3.8, 4) is 10.7 Å². The lowest BCUT2D eigenvalue weighted by Gasteiger charge is -1.93. The molecule has 0 amide bonds. The zero-order valence-corrected chi connectivity index (χ0v) is 9.03. The Kier molecular flexibility index (Phi) is 1.82. The van der Waals surface area contributed by atoms with Gasteiger partial charge >= 0.3 is 0 Å². The first kappa shape index (κ1) is 8.61. The first-order valence-electron chi connectivity index (χ1n) is 4.69. The zero-order valence-electron chi connectivity index (χ0n) is 8.21. The van der Waals surface area contributed by atoms with E-state index in [0.29, 0.717) is 0 Å². The summed E-state index contributed by atoms with van der Waals surface area (Å²) in [5, 5.41) is 2.93. The minimum atomic E-state index is 0.944. The molecular formula is C11H9N3S. The van der Waals surface area contributed by atoms with E-state index < -0.39 is 0 Å². The van der Waals surface area contributed by atoms with Gasteiger partial charge in [0.1, 0.15) is 16.3 Å². The van der Waals surface area contributed by atoms with Crippen molar-refractivity contribution in [2.24, 2.45) is 0 Å². The van der Waals surface area contributed by atoms with Crippen molar-refractivity contribution in [1.82, 2.24) is 14.4 Å². The normalized spacial score (nSPS) is 11.0. The molecule has 0 N–H and O–H groups in total. The smallest absolute Gasteiger partial charge is 0.143 e. The van der Waals surface area contributed by atoms with Crippen molar-refractivity contribution in [2.75, 3.05) is 0 Å². The van der Waals surface area contributed by atoms with Crippen LogP contribution < -0.4 is 0 Å². The van der Waals surface area contributed by atoms with Crippen LogP contribution in [0, 0.1) is 6.92 Å². The average Bonchev–Trinajstić information content (AvgIpc) is 2.86. The summed E-state index contributed by atoms with van der Waals surface area (Å²) in [5.74, 6) is 0. The number of imidazole rings is 1. The molecule has 15 heavy (non-hydrogen) atoms. The number of nitrogens with zero attached hydrogens (tertiary/aromatic N) is 3. The molecule has 74 valence electrons. The highest BCUT2D eigenvalue weighted by molar-refractivity contribution is 7.13. The molecule has 3 aromatic rings. The lowest BCUT2D eigenvalue weighted by molar-refractivity contribution is 1.16. The van der Waals surface area contributed by atoms with Gasteiger partial charge in [-0.15, -0.1) is 11.3 Å². The minimum absolute atomic E-state index is 0.944. The molecule has 0 spiro atoms. The first-order chi connectivity index (χ1) is 7.34. The van der Waals surface area contributed by atoms with E-state index in [-0.39, 0.29) is 0 Å². The van der Waals surface area contributed by atoms with Gasteiger partial charge in [-0.25, -0.2) is 9.97 Å². The maximum absolute atomic E-state index is 4.57. The van der Waals surface area contributed by atoms with Crippen LogP contribution in [0.3, 0.4) is 0 Å². The van der Waals surface area contributed by atoms with Gasteiger partial charge in [0.25, 0.3) is 0 Å². The van der Waals surface area contributed by atoms with E-state index in [1.54, 1.807) is 17.5 Å². The summed E-state index contributed by atoms with van der Waals surface area (Å²) in [5.41, 5.74) is 3.13. The van der Waals surface area contributed by atoms with E-state index in [1.165, 1.54) is 5.56 Å². The maximum Gasteiger partial charge on any atom is 0.143 e. The molecule has 0 atom stereocenters. The van der Waals surface area contributed by atoms with Gasteiger partial charge in [0.2, 0.25) is 0 Å². The summed E-state index contributed by atoms with van der Waals surface area (Å²) in [7, 11) is 0. The number of thiazole rings is 1. The fraction of sp³-hybridized carbons (Fsp3) is 0.0909. The van der Waals surface area contributed by atoms with E-state index in [2.05, 4.69) is 23.0 Å². The number of fused-ring (bicyclic) bond motifs is 1. The first-order valence-corrected chi connectivity index (χ1v) is 5.57. The molecular weight excluding hydrogens is 206 g/mol. The topological polar surface area (TPSA) is 30.2 Å². The molecule has 0 unspecified atom stereocenters. The molecule has 0 fully saturated rings. The number of hydrogen-bond acceptors (Lipinski definition) is 3. The fourth-order valence-electron chi connectivity index (χ4n) is 1.61. The molecule has 0 saturated carbocycles. The van der Waals surface area contributed by atoms with Crippen LogP contribution in [-0.2, 0) is 0 Å². The van der Waals surface area contributed by atoms with Gasteiger partial charge in [-0.1, -0.05) is 6.07 Å². The second-order valence-corrected chi connectivity index (χ2v) is 4.28. The van der Waals surface area contributed by atoms with Crippen LogP contribution in [0.5, 0.6) is 0 Å². The highest BCUT2D eigenvalue weighted by Gasteiger charge is 2.07. The van der Waals surface area contributed by atoms with E-state index in [1.807, 2.05) is 28.2 Å². The Hall–Kier alpha value is -1.68. The summed E-state index contributed by atoms with van der Waals surface area (Å²) in [4.78, 5) is 8.82. The third-order valence-electron chi connectivity index (χ3n) is 2.33. The number of aromatic nitrogens is 3. The number of aryl methyl sites for hydroxylation is 1. The third-order valence-corrected chi connectivity index (χ3v) is 3.12. The standard InChI is InChI=1S/C11H9N3S/c1-8-3-2-5-14-7-9(13-10(8)14)11-12-4-6-15-11/h2-7H,1H3. The van der Waals surface area contributed by atoms with Crippen LogP contribution >= 0.6 is 11.3 Å². The molecule has 0 radical (unpaired) electrons. The number of rotatable bonds is 1. The Morgan fingerprint density at radius 3 is 3.07 bits per heavy atom. The summed E-state index contributed by atoms with van der Waals surface area (Å²) < 4.78 is 2.03. The van der Waals surface area contributed by atoms with Crippen LogP contribution in [0.15, 0.2) is 36.1 Å². The summed E-state index contributed by atoms with van der Waals surface area (Å²) in [6.45, 7) is 2.06. The lowest BCUT2D eigenvalue weighted by atomic mass is 10.3. The van der Waals surface area contributed by atoms with Gasteiger partial charge in [0, 0.05) is 24.0 Å². The predicted molar refractivity (Wildman–Crippen MR) is 61.0 cm³/mol. The molecule has 0 saturated heterocycles. The van der Waals surface area contributed by atoms with Crippen LogP contribution in [0.2, 0.25) is 0 Å². The predicted octanol–water partition coefficient (Wildman–Crippen LogP) is 2.77. The van der Waals surface area contributed by atoms with Crippen LogP contribution in [0.4, 0.5) is 0 Å². The SMILES string of the molecule is Cc1cccn2cc(-c3nccs3)nc12. The van der Waals surface area contributed by atoms with Crippen molar-refractivity contribution < 1.29 is 0 Å². The molecule has 0 bridgehead atoms. The molecule has 3 heterocycles. The van der Waals surface area contributed by atoms with Crippen LogP contribution in [0.1, 0.15) is 5.56 Å². The largest absolute Gasteiger partial charge is 0.306 e. The van der Waals surface area contributed by atoms with Gasteiger partial charge in [-0.2, -0.15) is 0 Å². The van der Waals surface area contributed by atoms with Crippen molar-refractivity contribution in [1.29, 1.82) is 0 Å². The van der Waals surface area contributed by atoms with Crippen LogP contribution in [-0.4, -0.2) is 14.4 Å². The molecule has 3 nitrogen and oxygen atoms in total. The van der Waals surface area contributed by atoms with Crippen molar-refractivity contribution >= 4 is 17.0 Å². The molecule has 0 aliphatic heterocycles. The molecule has 3 aromatic heterocycles. The molecule has 3 rings (SSSR count). The Morgan fingerprint density at radius 2 is 2.33 bits per heavy atom. The van der Waals surface area contributed by atoms with Gasteiger partial charge in [0.15, 0.2) is 0 Å². The van der Waals surface area contributed by atoms with Gasteiger partial charge < -0.3 is 4.40 Å². The van der Waals surface area contributed by atoms with Crippen molar-refractivity contribution in [3.63, 3.8) is 0 Å². The van der Waals surface area contributed by atoms with Gasteiger partial charge in [-0.3, -0.25) is 0 Å². The van der Waals surface area contributed by atoms with E-state index in [9.17, 15) is 0 Å². The second kappa shape index (κ2) is 3.17. The molecule has 0 aliphatic carbocycles. The summed E-state index contributed by atoms with van der Waals surface area (Å²) >= 11 is 1.61. The minimum Gasteiger partial charge on any atom is -0.306 e. The lowest BCUT2D eigenvalue weighted by Crippen LogP contribution is -1.83. The maximum atomic E-state index is 4.57. The zero-order chi connectivity index (χ0) is 10.3. The van der Waals surface area contributed by atoms with E-state index >= 15 is 0 Å². The van der Waals surface area contributed by atoms with E-state index in [0.717, 1.165) is 16.3 Å². The third kappa shape index (κ3) is 1.34. The summed E-state index contributed by atoms with van der Waals surface area (Å²) in [6, 6.07) is 4.09. The molecule has 0 aliphatic rings. The van der Waals surface area contributed by atoms with E-state index in [4.69, 9.17) is 0 Å². The Balaban J connectivity index is 2.27. The fourth-order valence-corrected chi connectivity index (χ4v) is 2.20.